The van der Waals surface area contributed by atoms with Crippen molar-refractivity contribution in [1.82, 2.24) is 0 Å². The van der Waals surface area contributed by atoms with Crippen molar-refractivity contribution >= 4 is 5.97 Å². The molecule has 0 radical (unpaired) electrons. The van der Waals surface area contributed by atoms with Gasteiger partial charge in [-0.3, -0.25) is 4.79 Å². The number of hydrogen-bond donors (Lipinski definition) is 1. The molecule has 5 heteroatoms. The van der Waals surface area contributed by atoms with Crippen LogP contribution >= 0.6 is 0 Å². The van der Waals surface area contributed by atoms with Crippen LogP contribution in [0.4, 0.5) is 0 Å². The molecular weight excluding hydrogens is 356 g/mol. The molecule has 0 aromatic carbocycles. The molecule has 0 aromatic heterocycles. The predicted molar refractivity (Wildman–Crippen MR) is 103 cm³/mol. The fourth-order valence-electron chi connectivity index (χ4n) is 8.36. The Labute approximate surface area is 168 Å². The van der Waals surface area contributed by atoms with Gasteiger partial charge in [0.05, 0.1) is 19.3 Å². The van der Waals surface area contributed by atoms with Gasteiger partial charge in [0.15, 0.2) is 5.79 Å². The van der Waals surface area contributed by atoms with Crippen LogP contribution in [0.2, 0.25) is 0 Å². The molecule has 158 valence electrons. The van der Waals surface area contributed by atoms with Crippen molar-refractivity contribution in [3.8, 4) is 0 Å². The summed E-state index contributed by atoms with van der Waals surface area (Å²) in [5, 5.41) is 11.4. The van der Waals surface area contributed by atoms with E-state index in [1.165, 1.54) is 13.3 Å². The summed E-state index contributed by atoms with van der Waals surface area (Å²) in [7, 11) is 0. The largest absolute Gasteiger partial charge is 0.462 e. The van der Waals surface area contributed by atoms with Gasteiger partial charge in [-0.1, -0.05) is 13.8 Å². The molecule has 4 aliphatic carbocycles. The van der Waals surface area contributed by atoms with Crippen LogP contribution in [0.15, 0.2) is 0 Å². The Morgan fingerprint density at radius 2 is 1.75 bits per heavy atom. The molecule has 5 fully saturated rings. The lowest BCUT2D eigenvalue weighted by Crippen LogP contribution is -2.62. The summed E-state index contributed by atoms with van der Waals surface area (Å²) >= 11 is 0. The molecule has 1 heterocycles. The molecule has 0 bridgehead atoms. The number of aliphatic hydroxyl groups is 1. The van der Waals surface area contributed by atoms with Crippen LogP contribution in [-0.4, -0.2) is 42.3 Å². The average Bonchev–Trinajstić information content (AvgIpc) is 3.21. The maximum atomic E-state index is 11.6. The van der Waals surface area contributed by atoms with Crippen molar-refractivity contribution in [2.45, 2.75) is 90.1 Å². The first kappa shape index (κ1) is 19.3. The highest BCUT2D eigenvalue weighted by Gasteiger charge is 2.65. The first-order chi connectivity index (χ1) is 13.3. The number of carbonyl (C=O) groups excluding carboxylic acids is 1. The van der Waals surface area contributed by atoms with Gasteiger partial charge in [0.1, 0.15) is 6.10 Å². The standard InChI is InChI=1S/C23H36O5/c1-14(24)28-20-7-6-17-16-5-4-15-12-23(26-10-11-27-23)13-19(25)22(15,3)18(16)8-9-21(17,20)2/h15-20,25H,4-13H2,1-3H3/t15-,16-,17-,18-,19-,20-,21-,22-/m0/s1. The van der Waals surface area contributed by atoms with E-state index in [4.69, 9.17) is 14.2 Å². The smallest absolute Gasteiger partial charge is 0.302 e. The molecule has 1 spiro atoms. The molecule has 28 heavy (non-hydrogen) atoms. The van der Waals surface area contributed by atoms with E-state index in [0.29, 0.717) is 43.3 Å². The van der Waals surface area contributed by atoms with Crippen LogP contribution in [0.3, 0.4) is 0 Å². The minimum Gasteiger partial charge on any atom is -0.462 e. The van der Waals surface area contributed by atoms with Crippen LogP contribution in [0.1, 0.15) is 72.1 Å². The maximum Gasteiger partial charge on any atom is 0.302 e. The van der Waals surface area contributed by atoms with Crippen molar-refractivity contribution in [3.05, 3.63) is 0 Å². The van der Waals surface area contributed by atoms with Gasteiger partial charge in [0.25, 0.3) is 0 Å². The van der Waals surface area contributed by atoms with Crippen molar-refractivity contribution in [2.24, 2.45) is 34.5 Å². The summed E-state index contributed by atoms with van der Waals surface area (Å²) in [4.78, 5) is 11.6. The number of rotatable bonds is 1. The molecule has 8 atom stereocenters. The molecule has 1 saturated heterocycles. The van der Waals surface area contributed by atoms with E-state index in [0.717, 1.165) is 38.5 Å². The quantitative estimate of drug-likeness (QED) is 0.690. The number of esters is 1. The summed E-state index contributed by atoms with van der Waals surface area (Å²) in [5.74, 6) is 1.58. The predicted octanol–water partition coefficient (Wildman–Crippen LogP) is 3.67. The zero-order valence-electron chi connectivity index (χ0n) is 17.6. The molecule has 1 N–H and O–H groups in total. The fourth-order valence-corrected chi connectivity index (χ4v) is 8.36. The fraction of sp³-hybridized carbons (Fsp3) is 0.957. The number of hydrogen-bond acceptors (Lipinski definition) is 5. The highest BCUT2D eigenvalue weighted by Crippen LogP contribution is 2.67. The molecule has 0 unspecified atom stereocenters. The van der Waals surface area contributed by atoms with Crippen LogP contribution in [-0.2, 0) is 19.0 Å². The summed E-state index contributed by atoms with van der Waals surface area (Å²) in [6, 6.07) is 0. The van der Waals surface area contributed by atoms with Crippen molar-refractivity contribution in [3.63, 3.8) is 0 Å². The summed E-state index contributed by atoms with van der Waals surface area (Å²) in [6.07, 6.45) is 8.00. The van der Waals surface area contributed by atoms with E-state index in [2.05, 4.69) is 13.8 Å². The molecule has 5 rings (SSSR count). The molecule has 5 aliphatic rings. The Morgan fingerprint density at radius 3 is 2.46 bits per heavy atom. The maximum absolute atomic E-state index is 11.6. The van der Waals surface area contributed by atoms with Crippen LogP contribution in [0.5, 0.6) is 0 Å². The third-order valence-electron chi connectivity index (χ3n) is 9.78. The topological polar surface area (TPSA) is 65.0 Å². The van der Waals surface area contributed by atoms with E-state index < -0.39 is 5.79 Å². The molecule has 4 saturated carbocycles. The van der Waals surface area contributed by atoms with Gasteiger partial charge >= 0.3 is 5.97 Å². The number of ether oxygens (including phenoxy) is 3. The zero-order valence-corrected chi connectivity index (χ0v) is 17.6. The second kappa shape index (κ2) is 6.42. The lowest BCUT2D eigenvalue weighted by Gasteiger charge is -2.63. The van der Waals surface area contributed by atoms with Gasteiger partial charge in [0, 0.05) is 25.2 Å². The molecular formula is C23H36O5. The molecule has 0 amide bonds. The van der Waals surface area contributed by atoms with Crippen LogP contribution in [0.25, 0.3) is 0 Å². The second-order valence-electron chi connectivity index (χ2n) is 10.8. The number of fused-ring (bicyclic) bond motifs is 5. The van der Waals surface area contributed by atoms with E-state index in [1.54, 1.807) is 0 Å². The Balaban J connectivity index is 1.40. The highest BCUT2D eigenvalue weighted by atomic mass is 16.7. The van der Waals surface area contributed by atoms with Gasteiger partial charge in [-0.25, -0.2) is 0 Å². The highest BCUT2D eigenvalue weighted by molar-refractivity contribution is 5.66. The Bertz CT molecular complexity index is 643. The first-order valence-corrected chi connectivity index (χ1v) is 11.4. The third kappa shape index (κ3) is 2.58. The van der Waals surface area contributed by atoms with Gasteiger partial charge in [-0.05, 0) is 67.6 Å². The SMILES string of the molecule is CC(=O)O[C@H]1CC[C@H]2[C@@H]3CC[C@H]4CC5(C[C@H](O)[C@]4(C)[C@H]3CC[C@]12C)OCCO5. The Morgan fingerprint density at radius 1 is 1.00 bits per heavy atom. The number of aliphatic hydroxyl groups excluding tert-OH is 1. The van der Waals surface area contributed by atoms with Gasteiger partial charge < -0.3 is 19.3 Å². The lowest BCUT2D eigenvalue weighted by atomic mass is 9.44. The van der Waals surface area contributed by atoms with Gasteiger partial charge in [-0.15, -0.1) is 0 Å². The zero-order chi connectivity index (χ0) is 19.7. The molecule has 5 nitrogen and oxygen atoms in total. The monoisotopic (exact) mass is 392 g/mol. The van der Waals surface area contributed by atoms with Crippen molar-refractivity contribution in [1.29, 1.82) is 0 Å². The normalized spacial score (nSPS) is 52.0. The van der Waals surface area contributed by atoms with Crippen molar-refractivity contribution in [2.75, 3.05) is 13.2 Å². The second-order valence-corrected chi connectivity index (χ2v) is 10.8. The van der Waals surface area contributed by atoms with E-state index in [-0.39, 0.29) is 29.0 Å². The van der Waals surface area contributed by atoms with Gasteiger partial charge in [-0.2, -0.15) is 0 Å². The van der Waals surface area contributed by atoms with E-state index in [1.807, 2.05) is 0 Å². The molecule has 1 aliphatic heterocycles. The van der Waals surface area contributed by atoms with Crippen LogP contribution < -0.4 is 0 Å². The lowest BCUT2D eigenvalue weighted by molar-refractivity contribution is -0.265. The van der Waals surface area contributed by atoms with Gasteiger partial charge in [0.2, 0.25) is 0 Å². The summed E-state index contributed by atoms with van der Waals surface area (Å²) in [5.41, 5.74) is 0.0544. The minimum absolute atomic E-state index is 0.0513. The summed E-state index contributed by atoms with van der Waals surface area (Å²) in [6.45, 7) is 7.55. The van der Waals surface area contributed by atoms with E-state index in [9.17, 15) is 9.90 Å². The average molecular weight is 393 g/mol. The third-order valence-corrected chi connectivity index (χ3v) is 9.78. The number of carbonyl (C=O) groups is 1. The first-order valence-electron chi connectivity index (χ1n) is 11.4. The van der Waals surface area contributed by atoms with Crippen molar-refractivity contribution < 1.29 is 24.1 Å². The Kier molecular flexibility index (Phi) is 4.43. The van der Waals surface area contributed by atoms with Crippen LogP contribution in [0, 0.1) is 34.5 Å². The summed E-state index contributed by atoms with van der Waals surface area (Å²) < 4.78 is 17.7. The van der Waals surface area contributed by atoms with E-state index >= 15 is 0 Å². The Hall–Kier alpha value is -0.650. The minimum atomic E-state index is -0.534. The molecule has 0 aromatic rings.